The number of guanidine groups is 1. The number of nitrogens with zero attached hydrogens (tertiary/aromatic N) is 2. The van der Waals surface area contributed by atoms with Crippen molar-refractivity contribution >= 4 is 5.96 Å². The van der Waals surface area contributed by atoms with Gasteiger partial charge in [0.25, 0.3) is 0 Å². The minimum atomic E-state index is 0.600. The van der Waals surface area contributed by atoms with Crippen molar-refractivity contribution < 1.29 is 0 Å². The Kier molecular flexibility index (Phi) is 5.60. The number of hydrogen-bond donors (Lipinski definition) is 2. The van der Waals surface area contributed by atoms with E-state index in [0.29, 0.717) is 6.04 Å². The Morgan fingerprint density at radius 2 is 2.00 bits per heavy atom. The Balaban J connectivity index is 2.50. The second-order valence-electron chi connectivity index (χ2n) is 4.87. The zero-order valence-corrected chi connectivity index (χ0v) is 10.9. The maximum absolute atomic E-state index is 5.53. The van der Waals surface area contributed by atoms with Gasteiger partial charge in [0.1, 0.15) is 0 Å². The molecule has 0 aromatic carbocycles. The summed E-state index contributed by atoms with van der Waals surface area (Å²) >= 11 is 0. The Hall–Kier alpha value is -0.770. The molecule has 0 heterocycles. The average molecular weight is 226 g/mol. The minimum Gasteiger partial charge on any atom is -0.342 e. The summed E-state index contributed by atoms with van der Waals surface area (Å²) < 4.78 is 0. The highest BCUT2D eigenvalue weighted by molar-refractivity contribution is 5.79. The van der Waals surface area contributed by atoms with Crippen molar-refractivity contribution in [2.45, 2.75) is 52.0 Å². The molecular weight excluding hydrogens is 200 g/mol. The average Bonchev–Trinajstić information content (AvgIpc) is 2.30. The summed E-state index contributed by atoms with van der Waals surface area (Å²) in [4.78, 5) is 6.67. The van der Waals surface area contributed by atoms with Crippen LogP contribution in [0.5, 0.6) is 0 Å². The van der Waals surface area contributed by atoms with Gasteiger partial charge in [0, 0.05) is 19.6 Å². The van der Waals surface area contributed by atoms with E-state index in [1.54, 1.807) is 0 Å². The largest absolute Gasteiger partial charge is 0.342 e. The van der Waals surface area contributed by atoms with Crippen molar-refractivity contribution in [3.8, 4) is 0 Å². The molecule has 1 rings (SSSR count). The lowest BCUT2D eigenvalue weighted by Crippen LogP contribution is -2.48. The van der Waals surface area contributed by atoms with Gasteiger partial charge in [-0.2, -0.15) is 0 Å². The highest BCUT2D eigenvalue weighted by Crippen LogP contribution is 2.26. The predicted octanol–water partition coefficient (Wildman–Crippen LogP) is 1.73. The molecule has 16 heavy (non-hydrogen) atoms. The number of nitrogens with two attached hydrogens (primary N) is 1. The molecule has 0 aromatic rings. The van der Waals surface area contributed by atoms with E-state index in [9.17, 15) is 0 Å². The standard InChI is InChI=1S/C12H26N4/c1-4-9-14-12(15-13)16(3)11-7-5-10(2)6-8-11/h10-11H,4-9,13H2,1-3H3,(H,14,15). The molecule has 1 aliphatic rings. The van der Waals surface area contributed by atoms with Crippen LogP contribution in [0.4, 0.5) is 0 Å². The topological polar surface area (TPSA) is 53.6 Å². The molecule has 0 aromatic heterocycles. The molecule has 0 bridgehead atoms. The van der Waals surface area contributed by atoms with Crippen LogP contribution in [-0.4, -0.2) is 30.5 Å². The Morgan fingerprint density at radius 1 is 1.38 bits per heavy atom. The van der Waals surface area contributed by atoms with Crippen molar-refractivity contribution in [3.63, 3.8) is 0 Å². The van der Waals surface area contributed by atoms with E-state index in [1.165, 1.54) is 25.7 Å². The van der Waals surface area contributed by atoms with Crippen LogP contribution in [-0.2, 0) is 0 Å². The Labute approximate surface area is 99.3 Å². The lowest BCUT2D eigenvalue weighted by molar-refractivity contribution is 0.234. The third-order valence-corrected chi connectivity index (χ3v) is 3.48. The predicted molar refractivity (Wildman–Crippen MR) is 69.1 cm³/mol. The van der Waals surface area contributed by atoms with Gasteiger partial charge in [-0.3, -0.25) is 10.4 Å². The van der Waals surface area contributed by atoms with Crippen molar-refractivity contribution in [3.05, 3.63) is 0 Å². The van der Waals surface area contributed by atoms with Crippen LogP contribution < -0.4 is 11.3 Å². The van der Waals surface area contributed by atoms with Crippen LogP contribution in [0.1, 0.15) is 46.0 Å². The van der Waals surface area contributed by atoms with Gasteiger partial charge >= 0.3 is 0 Å². The first kappa shape index (κ1) is 13.3. The second-order valence-corrected chi connectivity index (χ2v) is 4.87. The first-order chi connectivity index (χ1) is 7.69. The van der Waals surface area contributed by atoms with Crippen molar-refractivity contribution in [2.24, 2.45) is 16.8 Å². The van der Waals surface area contributed by atoms with Gasteiger partial charge in [-0.25, -0.2) is 5.84 Å². The lowest BCUT2D eigenvalue weighted by Gasteiger charge is -2.35. The fourth-order valence-corrected chi connectivity index (χ4v) is 2.28. The van der Waals surface area contributed by atoms with Crippen LogP contribution in [0.3, 0.4) is 0 Å². The molecule has 0 saturated heterocycles. The van der Waals surface area contributed by atoms with Crippen molar-refractivity contribution in [1.82, 2.24) is 10.3 Å². The first-order valence-electron chi connectivity index (χ1n) is 6.42. The van der Waals surface area contributed by atoms with Crippen LogP contribution in [0.2, 0.25) is 0 Å². The van der Waals surface area contributed by atoms with Gasteiger partial charge < -0.3 is 4.90 Å². The Bertz CT molecular complexity index is 219. The van der Waals surface area contributed by atoms with E-state index in [-0.39, 0.29) is 0 Å². The molecule has 0 radical (unpaired) electrons. The highest BCUT2D eigenvalue weighted by atomic mass is 15.4. The normalized spacial score (nSPS) is 26.6. The highest BCUT2D eigenvalue weighted by Gasteiger charge is 2.23. The zero-order valence-electron chi connectivity index (χ0n) is 10.9. The SMILES string of the molecule is CCCN=C(NN)N(C)C1CCC(C)CC1. The van der Waals surface area contributed by atoms with Crippen LogP contribution in [0, 0.1) is 5.92 Å². The summed E-state index contributed by atoms with van der Waals surface area (Å²) in [7, 11) is 2.09. The smallest absolute Gasteiger partial charge is 0.208 e. The van der Waals surface area contributed by atoms with E-state index < -0.39 is 0 Å². The summed E-state index contributed by atoms with van der Waals surface area (Å²) in [6.45, 7) is 5.30. The van der Waals surface area contributed by atoms with E-state index in [4.69, 9.17) is 5.84 Å². The van der Waals surface area contributed by atoms with E-state index in [0.717, 1.165) is 24.8 Å². The van der Waals surface area contributed by atoms with Gasteiger partial charge in [0.2, 0.25) is 5.96 Å². The summed E-state index contributed by atoms with van der Waals surface area (Å²) in [5.41, 5.74) is 2.72. The number of hydrazine groups is 1. The van der Waals surface area contributed by atoms with Gasteiger partial charge in [-0.05, 0) is 38.0 Å². The maximum atomic E-state index is 5.53. The molecule has 4 heteroatoms. The molecular formula is C12H26N4. The molecule has 0 amide bonds. The fraction of sp³-hybridized carbons (Fsp3) is 0.917. The minimum absolute atomic E-state index is 0.600. The Morgan fingerprint density at radius 3 is 2.50 bits per heavy atom. The molecule has 3 N–H and O–H groups in total. The first-order valence-corrected chi connectivity index (χ1v) is 6.42. The summed E-state index contributed by atoms with van der Waals surface area (Å²) in [5.74, 6) is 7.24. The van der Waals surface area contributed by atoms with Crippen LogP contribution in [0.15, 0.2) is 4.99 Å². The number of aliphatic imine (C=N–C) groups is 1. The molecule has 1 fully saturated rings. The molecule has 1 saturated carbocycles. The van der Waals surface area contributed by atoms with Gasteiger partial charge in [0.15, 0.2) is 0 Å². The summed E-state index contributed by atoms with van der Waals surface area (Å²) in [6.07, 6.45) is 6.21. The third-order valence-electron chi connectivity index (χ3n) is 3.48. The zero-order chi connectivity index (χ0) is 12.0. The van der Waals surface area contributed by atoms with E-state index >= 15 is 0 Å². The molecule has 1 aliphatic carbocycles. The molecule has 4 nitrogen and oxygen atoms in total. The molecule has 0 spiro atoms. The molecule has 94 valence electrons. The number of hydrogen-bond acceptors (Lipinski definition) is 2. The van der Waals surface area contributed by atoms with Gasteiger partial charge in [-0.15, -0.1) is 0 Å². The van der Waals surface area contributed by atoms with Gasteiger partial charge in [-0.1, -0.05) is 13.8 Å². The van der Waals surface area contributed by atoms with E-state index in [2.05, 4.69) is 36.2 Å². The number of rotatable bonds is 3. The lowest BCUT2D eigenvalue weighted by atomic mass is 9.87. The van der Waals surface area contributed by atoms with Crippen LogP contribution >= 0.6 is 0 Å². The molecule has 0 unspecified atom stereocenters. The molecule has 0 atom stereocenters. The monoisotopic (exact) mass is 226 g/mol. The summed E-state index contributed by atoms with van der Waals surface area (Å²) in [6, 6.07) is 0.600. The van der Waals surface area contributed by atoms with Crippen LogP contribution in [0.25, 0.3) is 0 Å². The molecule has 0 aliphatic heterocycles. The van der Waals surface area contributed by atoms with Crippen molar-refractivity contribution in [2.75, 3.05) is 13.6 Å². The van der Waals surface area contributed by atoms with E-state index in [1.807, 2.05) is 0 Å². The third kappa shape index (κ3) is 3.67. The van der Waals surface area contributed by atoms with Crippen molar-refractivity contribution in [1.29, 1.82) is 0 Å². The maximum Gasteiger partial charge on any atom is 0.208 e. The number of nitrogens with one attached hydrogen (secondary N) is 1. The summed E-state index contributed by atoms with van der Waals surface area (Å²) in [5, 5.41) is 0. The fourth-order valence-electron chi connectivity index (χ4n) is 2.28. The quantitative estimate of drug-likeness (QED) is 0.333. The second kappa shape index (κ2) is 6.74. The van der Waals surface area contributed by atoms with Gasteiger partial charge in [0.05, 0.1) is 0 Å².